The zero-order valence-electron chi connectivity index (χ0n) is 14.7. The summed E-state index contributed by atoms with van der Waals surface area (Å²) in [5, 5.41) is 23.9. The van der Waals surface area contributed by atoms with E-state index in [-0.39, 0.29) is 11.7 Å². The molecule has 2 aromatic rings. The fourth-order valence-corrected chi connectivity index (χ4v) is 2.62. The Balaban J connectivity index is 2.11. The smallest absolute Gasteiger partial charge is 0.407 e. The number of aryl methyl sites for hydroxylation is 1. The molecule has 25 heavy (non-hydrogen) atoms. The number of carbonyl (C=O) groups excluding carboxylic acids is 1. The van der Waals surface area contributed by atoms with Crippen LogP contribution >= 0.6 is 11.6 Å². The van der Waals surface area contributed by atoms with E-state index in [1.165, 1.54) is 0 Å². The van der Waals surface area contributed by atoms with Crippen molar-refractivity contribution in [2.45, 2.75) is 45.5 Å². The summed E-state index contributed by atoms with van der Waals surface area (Å²) < 4.78 is 5.09. The van der Waals surface area contributed by atoms with Crippen LogP contribution in [0.15, 0.2) is 24.3 Å². The minimum Gasteiger partial charge on any atom is -0.444 e. The second kappa shape index (κ2) is 7.56. The van der Waals surface area contributed by atoms with Crippen molar-refractivity contribution in [1.82, 2.24) is 10.3 Å². The summed E-state index contributed by atoms with van der Waals surface area (Å²) >= 11 is 6.17. The van der Waals surface area contributed by atoms with E-state index in [1.807, 2.05) is 25.1 Å². The average molecular weight is 367 g/mol. The summed E-state index contributed by atoms with van der Waals surface area (Å²) in [5.41, 5.74) is 1.37. The molecule has 0 aliphatic carbocycles. The molecule has 3 N–H and O–H groups in total. The van der Waals surface area contributed by atoms with Gasteiger partial charge in [0.2, 0.25) is 0 Å². The molecule has 136 valence electrons. The number of aliphatic hydroxyl groups excluding tert-OH is 2. The summed E-state index contributed by atoms with van der Waals surface area (Å²) in [6, 6.07) is 7.34. The van der Waals surface area contributed by atoms with Crippen LogP contribution in [0.3, 0.4) is 0 Å². The van der Waals surface area contributed by atoms with Gasteiger partial charge in [0.05, 0.1) is 5.52 Å². The van der Waals surface area contributed by atoms with Crippen molar-refractivity contribution in [1.29, 1.82) is 0 Å². The number of halogens is 1. The monoisotopic (exact) mass is 366 g/mol. The first-order valence-corrected chi connectivity index (χ1v) is 8.35. The van der Waals surface area contributed by atoms with E-state index in [4.69, 9.17) is 16.3 Å². The number of hydrogen-bond donors (Lipinski definition) is 3. The number of ether oxygens (including phenoxy) is 1. The van der Waals surface area contributed by atoms with Crippen molar-refractivity contribution in [3.8, 4) is 0 Å². The molecule has 1 aromatic heterocycles. The quantitative estimate of drug-likeness (QED) is 0.723. The number of aromatic nitrogens is 1. The fourth-order valence-electron chi connectivity index (χ4n) is 2.37. The Morgan fingerprint density at radius 3 is 2.68 bits per heavy atom. The van der Waals surface area contributed by atoms with Gasteiger partial charge in [0, 0.05) is 17.5 Å². The number of nitrogens with zero attached hydrogens (tertiary/aromatic N) is 1. The highest BCUT2D eigenvalue weighted by Crippen LogP contribution is 2.28. The van der Waals surface area contributed by atoms with E-state index in [0.717, 1.165) is 16.5 Å². The van der Waals surface area contributed by atoms with Gasteiger partial charge in [-0.25, -0.2) is 9.78 Å². The molecule has 2 unspecified atom stereocenters. The third kappa shape index (κ3) is 5.04. The molecule has 0 fully saturated rings. The van der Waals surface area contributed by atoms with Crippen LogP contribution in [0, 0.1) is 6.92 Å². The van der Waals surface area contributed by atoms with E-state index in [2.05, 4.69) is 10.3 Å². The molecule has 2 atom stereocenters. The Kier molecular flexibility index (Phi) is 5.87. The highest BCUT2D eigenvalue weighted by atomic mass is 35.5. The zero-order valence-corrected chi connectivity index (χ0v) is 15.5. The van der Waals surface area contributed by atoms with Crippen molar-refractivity contribution in [3.05, 3.63) is 40.5 Å². The van der Waals surface area contributed by atoms with Crippen LogP contribution < -0.4 is 5.32 Å². The second-order valence-electron chi connectivity index (χ2n) is 6.91. The highest BCUT2D eigenvalue weighted by Gasteiger charge is 2.24. The van der Waals surface area contributed by atoms with Gasteiger partial charge in [-0.15, -0.1) is 0 Å². The Morgan fingerprint density at radius 1 is 1.36 bits per heavy atom. The number of pyridine rings is 1. The molecule has 0 saturated heterocycles. The van der Waals surface area contributed by atoms with Crippen molar-refractivity contribution >= 4 is 28.6 Å². The maximum absolute atomic E-state index is 11.6. The zero-order chi connectivity index (χ0) is 18.8. The predicted molar refractivity (Wildman–Crippen MR) is 96.7 cm³/mol. The van der Waals surface area contributed by atoms with E-state index >= 15 is 0 Å². The van der Waals surface area contributed by atoms with Gasteiger partial charge in [0.1, 0.15) is 23.0 Å². The van der Waals surface area contributed by atoms with E-state index in [1.54, 1.807) is 26.8 Å². The molecule has 0 aliphatic heterocycles. The Bertz CT molecular complexity index is 773. The number of fused-ring (bicyclic) bond motifs is 1. The van der Waals surface area contributed by atoms with Gasteiger partial charge >= 0.3 is 6.09 Å². The van der Waals surface area contributed by atoms with Gasteiger partial charge in [-0.2, -0.15) is 0 Å². The molecule has 7 heteroatoms. The van der Waals surface area contributed by atoms with Crippen LogP contribution in [-0.4, -0.2) is 39.5 Å². The van der Waals surface area contributed by atoms with Crippen molar-refractivity contribution in [2.24, 2.45) is 0 Å². The van der Waals surface area contributed by atoms with Gasteiger partial charge in [0.15, 0.2) is 0 Å². The Hall–Kier alpha value is -1.89. The van der Waals surface area contributed by atoms with Crippen LogP contribution in [0.1, 0.15) is 38.0 Å². The molecule has 1 amide bonds. The lowest BCUT2D eigenvalue weighted by Gasteiger charge is -2.22. The van der Waals surface area contributed by atoms with Gasteiger partial charge < -0.3 is 20.3 Å². The average Bonchev–Trinajstić information content (AvgIpc) is 2.50. The predicted octanol–water partition coefficient (Wildman–Crippen LogP) is 3.12. The van der Waals surface area contributed by atoms with Crippen LogP contribution in [0.4, 0.5) is 4.79 Å². The number of amides is 1. The normalized spacial score (nSPS) is 14.2. The van der Waals surface area contributed by atoms with Gasteiger partial charge in [-0.05, 0) is 39.3 Å². The lowest BCUT2D eigenvalue weighted by atomic mass is 10.0. The van der Waals surface area contributed by atoms with Gasteiger partial charge in [-0.3, -0.25) is 0 Å². The van der Waals surface area contributed by atoms with Crippen LogP contribution in [0.25, 0.3) is 10.9 Å². The van der Waals surface area contributed by atoms with Crippen LogP contribution in [0.5, 0.6) is 0 Å². The maximum Gasteiger partial charge on any atom is 0.407 e. The first-order chi connectivity index (χ1) is 11.6. The van der Waals surface area contributed by atoms with Crippen molar-refractivity contribution in [2.75, 3.05) is 6.54 Å². The topological polar surface area (TPSA) is 91.7 Å². The summed E-state index contributed by atoms with van der Waals surface area (Å²) in [5.74, 6) is 0. The van der Waals surface area contributed by atoms with Gasteiger partial charge in [-0.1, -0.05) is 29.8 Å². The molecule has 1 aromatic carbocycles. The van der Waals surface area contributed by atoms with Crippen molar-refractivity contribution in [3.63, 3.8) is 0 Å². The number of alkyl carbamates (subject to hydrolysis) is 1. The SMILES string of the molecule is Cc1cccc2cc(C(O)C(O)CNC(=O)OC(C)(C)C)c(Cl)nc12. The minimum absolute atomic E-state index is 0.116. The standard InChI is InChI=1S/C18H23ClN2O4/c1-10-6-5-7-11-8-12(16(19)21-14(10)11)15(23)13(22)9-20-17(24)25-18(2,3)4/h5-8,13,15,22-23H,9H2,1-4H3,(H,20,24). The maximum atomic E-state index is 11.6. The number of benzene rings is 1. The molecular formula is C18H23ClN2O4. The van der Waals surface area contributed by atoms with Crippen molar-refractivity contribution < 1.29 is 19.7 Å². The number of para-hydroxylation sites is 1. The lowest BCUT2D eigenvalue weighted by Crippen LogP contribution is -2.38. The lowest BCUT2D eigenvalue weighted by molar-refractivity contribution is 0.0129. The van der Waals surface area contributed by atoms with E-state index in [9.17, 15) is 15.0 Å². The fraction of sp³-hybridized carbons (Fsp3) is 0.444. The third-order valence-electron chi connectivity index (χ3n) is 3.57. The summed E-state index contributed by atoms with van der Waals surface area (Å²) in [6.45, 7) is 6.95. The third-order valence-corrected chi connectivity index (χ3v) is 3.87. The Labute approximate surface area is 151 Å². The molecule has 0 spiro atoms. The van der Waals surface area contributed by atoms with Crippen LogP contribution in [-0.2, 0) is 4.74 Å². The summed E-state index contributed by atoms with van der Waals surface area (Å²) in [6.07, 6.45) is -3.22. The number of rotatable bonds is 4. The summed E-state index contributed by atoms with van der Waals surface area (Å²) in [4.78, 5) is 15.9. The molecule has 1 heterocycles. The molecule has 0 aliphatic rings. The largest absolute Gasteiger partial charge is 0.444 e. The second-order valence-corrected chi connectivity index (χ2v) is 7.27. The van der Waals surface area contributed by atoms with Gasteiger partial charge in [0.25, 0.3) is 0 Å². The number of aliphatic hydroxyl groups is 2. The molecule has 0 saturated carbocycles. The summed E-state index contributed by atoms with van der Waals surface area (Å²) in [7, 11) is 0. The number of nitrogens with one attached hydrogen (secondary N) is 1. The number of carbonyl (C=O) groups is 1. The molecule has 0 bridgehead atoms. The Morgan fingerprint density at radius 2 is 2.04 bits per heavy atom. The first-order valence-electron chi connectivity index (χ1n) is 7.97. The first kappa shape index (κ1) is 19.4. The van der Waals surface area contributed by atoms with Crippen LogP contribution in [0.2, 0.25) is 5.15 Å². The number of hydrogen-bond acceptors (Lipinski definition) is 5. The molecule has 2 rings (SSSR count). The molecule has 6 nitrogen and oxygen atoms in total. The highest BCUT2D eigenvalue weighted by molar-refractivity contribution is 6.30. The molecule has 0 radical (unpaired) electrons. The minimum atomic E-state index is -1.29. The molecular weight excluding hydrogens is 344 g/mol. The van der Waals surface area contributed by atoms with E-state index < -0.39 is 23.9 Å². The van der Waals surface area contributed by atoms with E-state index in [0.29, 0.717) is 5.56 Å².